The second kappa shape index (κ2) is 8.64. The Balaban J connectivity index is 1.27. The van der Waals surface area contributed by atoms with Crippen molar-refractivity contribution < 1.29 is 9.59 Å². The first kappa shape index (κ1) is 19.4. The molecule has 28 heavy (non-hydrogen) atoms. The molecule has 1 aromatic rings. The molecule has 3 saturated heterocycles. The normalized spacial score (nSPS) is 25.5. The molecule has 5 nitrogen and oxygen atoms in total. The molecule has 0 spiro atoms. The van der Waals surface area contributed by atoms with Crippen molar-refractivity contribution in [3.8, 4) is 0 Å². The van der Waals surface area contributed by atoms with Gasteiger partial charge in [0.05, 0.1) is 5.92 Å². The number of nitrogens with zero attached hydrogens (tertiary/aromatic N) is 3. The van der Waals surface area contributed by atoms with Gasteiger partial charge in [-0.05, 0) is 37.2 Å². The fraction of sp³-hybridized carbons (Fsp3) is 0.652. The van der Waals surface area contributed by atoms with Crippen LogP contribution in [0.4, 0.5) is 0 Å². The van der Waals surface area contributed by atoms with Gasteiger partial charge in [-0.25, -0.2) is 0 Å². The van der Waals surface area contributed by atoms with E-state index in [9.17, 15) is 9.59 Å². The summed E-state index contributed by atoms with van der Waals surface area (Å²) in [5, 5.41) is 0. The molecule has 4 rings (SSSR count). The molecule has 0 aliphatic carbocycles. The van der Waals surface area contributed by atoms with Crippen molar-refractivity contribution in [2.45, 2.75) is 51.6 Å². The molecular weight excluding hydrogens is 350 g/mol. The predicted octanol–water partition coefficient (Wildman–Crippen LogP) is 2.76. The molecule has 3 aliphatic rings. The molecule has 0 radical (unpaired) electrons. The summed E-state index contributed by atoms with van der Waals surface area (Å²) in [6, 6.07) is 10.9. The van der Waals surface area contributed by atoms with Crippen LogP contribution in [0.1, 0.15) is 44.6 Å². The van der Waals surface area contributed by atoms with E-state index in [-0.39, 0.29) is 17.7 Å². The topological polar surface area (TPSA) is 43.9 Å². The molecule has 0 N–H and O–H groups in total. The van der Waals surface area contributed by atoms with Crippen LogP contribution < -0.4 is 0 Å². The summed E-state index contributed by atoms with van der Waals surface area (Å²) in [4.78, 5) is 32.0. The van der Waals surface area contributed by atoms with Gasteiger partial charge in [-0.15, -0.1) is 0 Å². The Morgan fingerprint density at radius 1 is 1.00 bits per heavy atom. The van der Waals surface area contributed by atoms with Gasteiger partial charge in [-0.3, -0.25) is 14.5 Å². The summed E-state index contributed by atoms with van der Waals surface area (Å²) in [6.45, 7) is 7.64. The highest BCUT2D eigenvalue weighted by Gasteiger charge is 2.40. The van der Waals surface area contributed by atoms with Gasteiger partial charge in [0, 0.05) is 51.7 Å². The van der Waals surface area contributed by atoms with Crippen molar-refractivity contribution >= 4 is 11.8 Å². The van der Waals surface area contributed by atoms with Crippen molar-refractivity contribution in [3.05, 3.63) is 35.9 Å². The summed E-state index contributed by atoms with van der Waals surface area (Å²) in [7, 11) is 0. The van der Waals surface area contributed by atoms with Crippen molar-refractivity contribution in [2.75, 3.05) is 32.7 Å². The maximum absolute atomic E-state index is 12.9. The number of amides is 2. The minimum absolute atomic E-state index is 0.122. The zero-order valence-corrected chi connectivity index (χ0v) is 17.1. The van der Waals surface area contributed by atoms with E-state index in [1.807, 2.05) is 9.80 Å². The molecule has 5 heteroatoms. The number of rotatable bonds is 4. The van der Waals surface area contributed by atoms with E-state index in [4.69, 9.17) is 0 Å². The molecule has 3 aliphatic heterocycles. The summed E-state index contributed by atoms with van der Waals surface area (Å²) < 4.78 is 0. The van der Waals surface area contributed by atoms with Gasteiger partial charge in [-0.2, -0.15) is 0 Å². The lowest BCUT2D eigenvalue weighted by molar-refractivity contribution is -0.137. The Morgan fingerprint density at radius 2 is 1.68 bits per heavy atom. The van der Waals surface area contributed by atoms with Crippen LogP contribution in [0.5, 0.6) is 0 Å². The van der Waals surface area contributed by atoms with Gasteiger partial charge >= 0.3 is 0 Å². The summed E-state index contributed by atoms with van der Waals surface area (Å²) in [6.07, 6.45) is 4.63. The Kier molecular flexibility index (Phi) is 6.00. The molecule has 3 heterocycles. The molecule has 0 unspecified atom stereocenters. The van der Waals surface area contributed by atoms with E-state index in [0.717, 1.165) is 58.4 Å². The summed E-state index contributed by atoms with van der Waals surface area (Å²) in [5.41, 5.74) is 1.35. The first-order valence-electron chi connectivity index (χ1n) is 10.9. The van der Waals surface area contributed by atoms with Gasteiger partial charge in [-0.1, -0.05) is 37.3 Å². The number of hydrogen-bond donors (Lipinski definition) is 0. The molecule has 2 amide bonds. The summed E-state index contributed by atoms with van der Waals surface area (Å²) in [5.74, 6) is 0.990. The monoisotopic (exact) mass is 383 g/mol. The van der Waals surface area contributed by atoms with E-state index in [2.05, 4.69) is 42.2 Å². The van der Waals surface area contributed by atoms with Crippen LogP contribution in [0, 0.1) is 11.8 Å². The van der Waals surface area contributed by atoms with Crippen molar-refractivity contribution in [1.82, 2.24) is 14.7 Å². The van der Waals surface area contributed by atoms with E-state index in [0.29, 0.717) is 24.9 Å². The van der Waals surface area contributed by atoms with Crippen LogP contribution in [-0.2, 0) is 16.1 Å². The maximum Gasteiger partial charge on any atom is 0.227 e. The smallest absolute Gasteiger partial charge is 0.227 e. The minimum Gasteiger partial charge on any atom is -0.342 e. The van der Waals surface area contributed by atoms with Crippen LogP contribution >= 0.6 is 0 Å². The average Bonchev–Trinajstić information content (AvgIpc) is 3.11. The molecule has 0 bridgehead atoms. The Morgan fingerprint density at radius 3 is 2.36 bits per heavy atom. The van der Waals surface area contributed by atoms with Crippen LogP contribution in [0.2, 0.25) is 0 Å². The van der Waals surface area contributed by atoms with Gasteiger partial charge in [0.2, 0.25) is 11.8 Å². The molecular formula is C23H33N3O2. The molecule has 0 aromatic heterocycles. The number of carbonyl (C=O) groups is 2. The van der Waals surface area contributed by atoms with Crippen LogP contribution in [-0.4, -0.2) is 65.3 Å². The lowest BCUT2D eigenvalue weighted by Crippen LogP contribution is -2.46. The van der Waals surface area contributed by atoms with Gasteiger partial charge in [0.25, 0.3) is 0 Å². The molecule has 152 valence electrons. The Labute approximate surface area is 168 Å². The SMILES string of the molecule is CC1CCN(C(=O)[C@@H]2CC(=O)N(C3CCN(Cc4ccccc4)CC3)C2)CC1. The number of carbonyl (C=O) groups excluding carboxylic acids is 2. The van der Waals surface area contributed by atoms with Gasteiger partial charge < -0.3 is 9.80 Å². The highest BCUT2D eigenvalue weighted by Crippen LogP contribution is 2.28. The zero-order chi connectivity index (χ0) is 19.5. The summed E-state index contributed by atoms with van der Waals surface area (Å²) >= 11 is 0. The minimum atomic E-state index is -0.122. The molecule has 1 atom stereocenters. The van der Waals surface area contributed by atoms with Crippen LogP contribution in [0.15, 0.2) is 30.3 Å². The fourth-order valence-electron chi connectivity index (χ4n) is 4.97. The zero-order valence-electron chi connectivity index (χ0n) is 17.1. The van der Waals surface area contributed by atoms with Crippen molar-refractivity contribution in [2.24, 2.45) is 11.8 Å². The van der Waals surface area contributed by atoms with E-state index in [1.165, 1.54) is 5.56 Å². The predicted molar refractivity (Wildman–Crippen MR) is 110 cm³/mol. The third-order valence-corrected chi connectivity index (χ3v) is 6.85. The standard InChI is InChI=1S/C23H33N3O2/c1-18-7-13-25(14-8-18)23(28)20-15-22(27)26(17-20)21-9-11-24(12-10-21)16-19-5-3-2-4-6-19/h2-6,18,20-21H,7-17H2,1H3/t20-/m1/s1. The number of benzene rings is 1. The van der Waals surface area contributed by atoms with E-state index >= 15 is 0 Å². The quantitative estimate of drug-likeness (QED) is 0.803. The third-order valence-electron chi connectivity index (χ3n) is 6.85. The van der Waals surface area contributed by atoms with Crippen molar-refractivity contribution in [3.63, 3.8) is 0 Å². The first-order chi connectivity index (χ1) is 13.6. The van der Waals surface area contributed by atoms with E-state index in [1.54, 1.807) is 0 Å². The highest BCUT2D eigenvalue weighted by molar-refractivity contribution is 5.89. The molecule has 0 saturated carbocycles. The highest BCUT2D eigenvalue weighted by atomic mass is 16.2. The Bertz CT molecular complexity index is 676. The van der Waals surface area contributed by atoms with Gasteiger partial charge in [0.15, 0.2) is 0 Å². The molecule has 3 fully saturated rings. The Hall–Kier alpha value is -1.88. The van der Waals surface area contributed by atoms with E-state index < -0.39 is 0 Å². The fourth-order valence-corrected chi connectivity index (χ4v) is 4.97. The van der Waals surface area contributed by atoms with Crippen LogP contribution in [0.25, 0.3) is 0 Å². The van der Waals surface area contributed by atoms with Gasteiger partial charge in [0.1, 0.15) is 0 Å². The second-order valence-electron chi connectivity index (χ2n) is 8.95. The number of hydrogen-bond acceptors (Lipinski definition) is 3. The lowest BCUT2D eigenvalue weighted by Gasteiger charge is -2.37. The molecule has 1 aromatic carbocycles. The first-order valence-corrected chi connectivity index (χ1v) is 10.9. The maximum atomic E-state index is 12.9. The number of piperidine rings is 2. The lowest BCUT2D eigenvalue weighted by atomic mass is 9.97. The largest absolute Gasteiger partial charge is 0.342 e. The van der Waals surface area contributed by atoms with Crippen LogP contribution in [0.3, 0.4) is 0 Å². The number of likely N-dealkylation sites (tertiary alicyclic amines) is 3. The average molecular weight is 384 g/mol. The van der Waals surface area contributed by atoms with Crippen molar-refractivity contribution in [1.29, 1.82) is 0 Å². The second-order valence-corrected chi connectivity index (χ2v) is 8.95. The third kappa shape index (κ3) is 4.40.